The Hall–Kier alpha value is -2.81. The lowest BCUT2D eigenvalue weighted by Gasteiger charge is -2.35. The van der Waals surface area contributed by atoms with Crippen LogP contribution in [0.25, 0.3) is 12.2 Å². The molecule has 0 aliphatic rings. The second-order valence-electron chi connectivity index (χ2n) is 12.8. The van der Waals surface area contributed by atoms with E-state index < -0.39 is 36.0 Å². The van der Waals surface area contributed by atoms with Crippen molar-refractivity contribution >= 4 is 59.5 Å². The number of hydrogen-bond donors (Lipinski definition) is 3. The highest BCUT2D eigenvalue weighted by Gasteiger charge is 2.44. The van der Waals surface area contributed by atoms with Gasteiger partial charge in [-0.1, -0.05) is 87.3 Å². The lowest BCUT2D eigenvalue weighted by Crippen LogP contribution is -2.42. The van der Waals surface area contributed by atoms with Crippen molar-refractivity contribution < 1.29 is 37.9 Å². The number of nitrogens with one attached hydrogen (secondary N) is 1. The summed E-state index contributed by atoms with van der Waals surface area (Å²) in [4.78, 5) is 37.4. The van der Waals surface area contributed by atoms with E-state index in [2.05, 4.69) is 49.6 Å². The van der Waals surface area contributed by atoms with Crippen LogP contribution < -0.4 is 9.84 Å². The average Bonchev–Trinajstić information content (AvgIpc) is 2.90. The molecule has 0 saturated carbocycles. The van der Waals surface area contributed by atoms with Gasteiger partial charge >= 0.3 is 19.9 Å². The third-order valence-corrected chi connectivity index (χ3v) is 10.4. The Labute approximate surface area is 272 Å². The van der Waals surface area contributed by atoms with Crippen LogP contribution in [0.3, 0.4) is 0 Å². The zero-order valence-electron chi connectivity index (χ0n) is 26.5. The van der Waals surface area contributed by atoms with Gasteiger partial charge in [0.15, 0.2) is 0 Å². The first kappa shape index (κ1) is 36.7. The van der Waals surface area contributed by atoms with E-state index in [0.717, 1.165) is 5.56 Å². The molecule has 3 rings (SSSR count). The number of aromatic nitrogens is 1. The van der Waals surface area contributed by atoms with E-state index in [0.29, 0.717) is 23.5 Å². The zero-order valence-corrected chi connectivity index (χ0v) is 30.1. The Bertz CT molecular complexity index is 1490. The van der Waals surface area contributed by atoms with Gasteiger partial charge in [0.05, 0.1) is 30.2 Å². The molecule has 244 valence electrons. The van der Waals surface area contributed by atoms with E-state index in [1.165, 1.54) is 18.2 Å². The van der Waals surface area contributed by atoms with Crippen LogP contribution >= 0.6 is 19.4 Å². The summed E-state index contributed by atoms with van der Waals surface area (Å²) in [6, 6.07) is 18.4. The normalized spacial score (nSPS) is 12.7. The number of amides is 1. The second-order valence-corrected chi connectivity index (χ2v) is 25.6. The highest BCUT2D eigenvalue weighted by Crippen LogP contribution is 2.45. The number of pyridine rings is 1. The lowest BCUT2D eigenvalue weighted by molar-refractivity contribution is -0.364. The number of hydrogen-bond acceptors (Lipinski definition) is 7. The van der Waals surface area contributed by atoms with Crippen LogP contribution in [-0.2, 0) is 24.7 Å². The van der Waals surface area contributed by atoms with Crippen LogP contribution in [0.5, 0.6) is 5.75 Å². The van der Waals surface area contributed by atoms with E-state index in [1.807, 2.05) is 36.4 Å². The molecule has 45 heavy (non-hydrogen) atoms. The van der Waals surface area contributed by atoms with Crippen LogP contribution in [0.15, 0.2) is 66.9 Å². The summed E-state index contributed by atoms with van der Waals surface area (Å²) in [6.45, 7) is 13.2. The van der Waals surface area contributed by atoms with E-state index in [9.17, 15) is 19.1 Å². The highest BCUT2D eigenvalue weighted by atomic mass is 35.5. The minimum Gasteiger partial charge on any atom is -0.404 e. The molecule has 0 spiro atoms. The smallest absolute Gasteiger partial charge is 0.404 e. The molecule has 1 amide bonds. The van der Waals surface area contributed by atoms with Crippen molar-refractivity contribution in [3.05, 3.63) is 88.7 Å². The van der Waals surface area contributed by atoms with Gasteiger partial charge in [0.25, 0.3) is 0 Å². The number of benzene rings is 2. The minimum absolute atomic E-state index is 0.0630. The van der Waals surface area contributed by atoms with Crippen LogP contribution in [0.1, 0.15) is 16.8 Å². The highest BCUT2D eigenvalue weighted by molar-refractivity contribution is 7.46. The fourth-order valence-corrected chi connectivity index (χ4v) is 5.90. The molecular weight excluding hydrogens is 651 g/mol. The molecule has 0 radical (unpaired) electrons. The zero-order chi connectivity index (χ0) is 33.3. The summed E-state index contributed by atoms with van der Waals surface area (Å²) in [7, 11) is -8.36. The molecule has 1 aromatic heterocycles. The van der Waals surface area contributed by atoms with E-state index in [-0.39, 0.29) is 29.5 Å². The van der Waals surface area contributed by atoms with Gasteiger partial charge in [0, 0.05) is 33.4 Å². The predicted molar refractivity (Wildman–Crippen MR) is 184 cm³/mol. The number of phosphoric acid groups is 1. The molecule has 0 aliphatic heterocycles. The van der Waals surface area contributed by atoms with Gasteiger partial charge in [-0.2, -0.15) is 0 Å². The number of phosphoric ester groups is 1. The third kappa shape index (κ3) is 12.8. The Balaban J connectivity index is 2.05. The number of carbonyl (C=O) groups is 1. The maximum atomic E-state index is 13.7. The monoisotopic (exact) mass is 692 g/mol. The molecule has 3 aromatic rings. The topological polar surface area (TPSA) is 136 Å². The molecule has 10 nitrogen and oxygen atoms in total. The molecule has 0 fully saturated rings. The van der Waals surface area contributed by atoms with Crippen LogP contribution in [0.2, 0.25) is 56.4 Å². The Morgan fingerprint density at radius 1 is 0.933 bits per heavy atom. The van der Waals surface area contributed by atoms with Gasteiger partial charge in [-0.05, 0) is 48.0 Å². The lowest BCUT2D eigenvalue weighted by atomic mass is 10.1. The summed E-state index contributed by atoms with van der Waals surface area (Å²) in [6.07, 6.45) is 4.28. The number of nitrogens with zero attached hydrogens (tertiary/aromatic N) is 1. The summed E-state index contributed by atoms with van der Waals surface area (Å²) >= 11 is 6.19. The Morgan fingerprint density at radius 3 is 2.13 bits per heavy atom. The van der Waals surface area contributed by atoms with Gasteiger partial charge in [-0.3, -0.25) is 20.1 Å². The summed E-state index contributed by atoms with van der Waals surface area (Å²) < 4.78 is 35.5. The maximum Gasteiger partial charge on any atom is 0.524 e. The van der Waals surface area contributed by atoms with Gasteiger partial charge in [-0.15, -0.1) is 0 Å². The molecule has 0 aliphatic carbocycles. The van der Waals surface area contributed by atoms with Crippen LogP contribution in [-0.4, -0.2) is 50.2 Å². The minimum atomic E-state index is -5.07. The van der Waals surface area contributed by atoms with Crippen molar-refractivity contribution in [3.63, 3.8) is 0 Å². The molecule has 1 heterocycles. The largest absolute Gasteiger partial charge is 0.524 e. The number of rotatable bonds is 15. The molecule has 3 N–H and O–H groups in total. The quantitative estimate of drug-likeness (QED) is 0.0814. The first-order valence-corrected chi connectivity index (χ1v) is 23.8. The van der Waals surface area contributed by atoms with Crippen molar-refractivity contribution in [2.75, 3.05) is 18.5 Å². The predicted octanol–water partition coefficient (Wildman–Crippen LogP) is 8.45. The molecule has 14 heteroatoms. The number of anilines is 1. The SMILES string of the molecule is C[Si](C)(C)CCOC(OCC[Si](C)(C)C)(OC(=O)Nc1cccnc1C=Cc1ccccc1)c1ccc(Cl)cc1OP(=O)(O)O. The van der Waals surface area contributed by atoms with Crippen LogP contribution in [0, 0.1) is 0 Å². The number of ether oxygens (including phenoxy) is 3. The van der Waals surface area contributed by atoms with Crippen molar-refractivity contribution in [3.8, 4) is 5.75 Å². The van der Waals surface area contributed by atoms with Gasteiger partial charge in [0.1, 0.15) is 5.75 Å². The molecule has 2 aromatic carbocycles. The van der Waals surface area contributed by atoms with Crippen molar-refractivity contribution in [1.82, 2.24) is 4.98 Å². The Kier molecular flexibility index (Phi) is 12.8. The summed E-state index contributed by atoms with van der Waals surface area (Å²) in [5.74, 6) is -2.58. The standard InChI is InChI=1S/C31H42ClN2O8PSi2/c1-44(2,3)21-19-39-31(40-20-22-45(4,5)6,26-16-15-25(32)23-29(26)42-43(36,37)38)41-30(35)34-28-13-10-18-33-27(28)17-14-24-11-8-7-9-12-24/h7-18,23H,19-22H2,1-6H3,(H,34,35)(H2,36,37,38). The summed E-state index contributed by atoms with van der Waals surface area (Å²) in [5.41, 5.74) is 1.71. The van der Waals surface area contributed by atoms with Crippen molar-refractivity contribution in [2.24, 2.45) is 0 Å². The number of carbonyl (C=O) groups excluding carboxylic acids is 1. The molecular formula is C31H42ClN2O8PSi2. The van der Waals surface area contributed by atoms with Gasteiger partial charge in [-0.25, -0.2) is 9.36 Å². The molecule has 0 saturated heterocycles. The average molecular weight is 693 g/mol. The molecule has 0 bridgehead atoms. The first-order valence-electron chi connectivity index (χ1n) is 14.5. The second kappa shape index (κ2) is 15.7. The molecule has 0 atom stereocenters. The number of halogens is 1. The third-order valence-electron chi connectivity index (χ3n) is 6.31. The van der Waals surface area contributed by atoms with Crippen molar-refractivity contribution in [2.45, 2.75) is 57.3 Å². The fraction of sp³-hybridized carbons (Fsp3) is 0.355. The first-order chi connectivity index (χ1) is 20.9. The van der Waals surface area contributed by atoms with Gasteiger partial charge in [0.2, 0.25) is 0 Å². The van der Waals surface area contributed by atoms with Crippen LogP contribution in [0.4, 0.5) is 10.5 Å². The van der Waals surface area contributed by atoms with Gasteiger partial charge < -0.3 is 18.7 Å². The van der Waals surface area contributed by atoms with E-state index >= 15 is 0 Å². The summed E-state index contributed by atoms with van der Waals surface area (Å²) in [5, 5.41) is 2.86. The van der Waals surface area contributed by atoms with E-state index in [1.54, 1.807) is 24.4 Å². The molecule has 0 unspecified atom stereocenters. The van der Waals surface area contributed by atoms with Crippen molar-refractivity contribution in [1.29, 1.82) is 0 Å². The Morgan fingerprint density at radius 2 is 1.56 bits per heavy atom. The fourth-order valence-electron chi connectivity index (χ4n) is 3.90. The maximum absolute atomic E-state index is 13.7. The van der Waals surface area contributed by atoms with E-state index in [4.69, 9.17) is 30.3 Å².